The average molecular weight is 303 g/mol. The Bertz CT molecular complexity index is 559. The first-order valence-corrected chi connectivity index (χ1v) is 7.57. The molecule has 1 aromatic rings. The van der Waals surface area contributed by atoms with Gasteiger partial charge in [-0.05, 0) is 12.1 Å². The van der Waals surface area contributed by atoms with Crippen LogP contribution in [0, 0.1) is 0 Å². The summed E-state index contributed by atoms with van der Waals surface area (Å²) in [7, 11) is -2.28. The van der Waals surface area contributed by atoms with Gasteiger partial charge in [0.2, 0.25) is 10.0 Å². The number of aliphatic hydroxyl groups excluding tert-OH is 1. The van der Waals surface area contributed by atoms with E-state index in [4.69, 9.17) is 14.2 Å². The molecule has 0 aromatic heterocycles. The van der Waals surface area contributed by atoms with Crippen molar-refractivity contribution in [3.63, 3.8) is 0 Å². The predicted octanol–water partition coefficient (Wildman–Crippen LogP) is -0.257. The summed E-state index contributed by atoms with van der Waals surface area (Å²) in [5.41, 5.74) is 0. The number of benzene rings is 1. The Kier molecular flexibility index (Phi) is 4.81. The van der Waals surface area contributed by atoms with Crippen molar-refractivity contribution >= 4 is 10.0 Å². The Balaban J connectivity index is 2.09. The van der Waals surface area contributed by atoms with Crippen LogP contribution in [0.5, 0.6) is 11.5 Å². The lowest BCUT2D eigenvalue weighted by atomic mass is 10.3. The molecule has 1 atom stereocenters. The summed E-state index contributed by atoms with van der Waals surface area (Å²) in [6, 6.07) is 4.38. The molecule has 2 rings (SSSR count). The van der Waals surface area contributed by atoms with Crippen molar-refractivity contribution in [2.45, 2.75) is 11.0 Å². The molecule has 0 fully saturated rings. The summed E-state index contributed by atoms with van der Waals surface area (Å²) in [5.74, 6) is 0.922. The highest BCUT2D eigenvalue weighted by Crippen LogP contribution is 2.32. The number of aliphatic hydroxyl groups is 1. The highest BCUT2D eigenvalue weighted by atomic mass is 32.2. The quantitative estimate of drug-likeness (QED) is 0.752. The van der Waals surface area contributed by atoms with Gasteiger partial charge in [-0.25, -0.2) is 13.1 Å². The fraction of sp³-hybridized carbons (Fsp3) is 0.500. The molecule has 0 radical (unpaired) electrons. The molecule has 20 heavy (non-hydrogen) atoms. The summed E-state index contributed by atoms with van der Waals surface area (Å²) < 4.78 is 41.8. The van der Waals surface area contributed by atoms with Gasteiger partial charge in [-0.2, -0.15) is 0 Å². The normalized spacial score (nSPS) is 15.9. The van der Waals surface area contributed by atoms with E-state index in [2.05, 4.69) is 4.72 Å². The topological polar surface area (TPSA) is 94.1 Å². The fourth-order valence-corrected chi connectivity index (χ4v) is 2.82. The monoisotopic (exact) mass is 303 g/mol. The fourth-order valence-electron chi connectivity index (χ4n) is 1.73. The summed E-state index contributed by atoms with van der Waals surface area (Å²) in [4.78, 5) is 0.0615. The van der Waals surface area contributed by atoms with Crippen LogP contribution in [-0.2, 0) is 14.8 Å². The zero-order chi connectivity index (χ0) is 14.6. The van der Waals surface area contributed by atoms with E-state index >= 15 is 0 Å². The smallest absolute Gasteiger partial charge is 0.240 e. The van der Waals surface area contributed by atoms with Gasteiger partial charge >= 0.3 is 0 Å². The van der Waals surface area contributed by atoms with Gasteiger partial charge < -0.3 is 19.3 Å². The van der Waals surface area contributed by atoms with Crippen molar-refractivity contribution in [2.75, 3.05) is 33.5 Å². The van der Waals surface area contributed by atoms with Crippen molar-refractivity contribution < 1.29 is 27.7 Å². The van der Waals surface area contributed by atoms with Crippen LogP contribution in [0.25, 0.3) is 0 Å². The molecule has 1 heterocycles. The van der Waals surface area contributed by atoms with Crippen LogP contribution < -0.4 is 14.2 Å². The van der Waals surface area contributed by atoms with Gasteiger partial charge in [0.25, 0.3) is 0 Å². The van der Waals surface area contributed by atoms with Gasteiger partial charge in [0.05, 0.1) is 17.6 Å². The number of nitrogens with one attached hydrogen (secondary N) is 1. The molecule has 1 aromatic carbocycles. The second kappa shape index (κ2) is 6.40. The zero-order valence-corrected chi connectivity index (χ0v) is 11.9. The lowest BCUT2D eigenvalue weighted by molar-refractivity contribution is 0.0679. The Morgan fingerprint density at radius 3 is 2.75 bits per heavy atom. The van der Waals surface area contributed by atoms with Crippen molar-refractivity contribution in [3.8, 4) is 11.5 Å². The van der Waals surface area contributed by atoms with Crippen LogP contribution in [0.1, 0.15) is 0 Å². The van der Waals surface area contributed by atoms with Crippen LogP contribution in [0.2, 0.25) is 0 Å². The molecule has 0 aliphatic carbocycles. The maximum atomic E-state index is 12.1. The maximum absolute atomic E-state index is 12.1. The molecule has 1 aliphatic rings. The minimum absolute atomic E-state index is 0.0592. The highest BCUT2D eigenvalue weighted by molar-refractivity contribution is 7.89. The number of ether oxygens (including phenoxy) is 3. The Hall–Kier alpha value is -1.35. The van der Waals surface area contributed by atoms with Gasteiger partial charge in [0, 0.05) is 19.7 Å². The van der Waals surface area contributed by atoms with Crippen LogP contribution in [0.4, 0.5) is 0 Å². The van der Waals surface area contributed by atoms with E-state index in [1.165, 1.54) is 19.2 Å². The predicted molar refractivity (Wildman–Crippen MR) is 70.5 cm³/mol. The van der Waals surface area contributed by atoms with Crippen molar-refractivity contribution in [1.29, 1.82) is 0 Å². The van der Waals surface area contributed by atoms with Crippen LogP contribution in [0.3, 0.4) is 0 Å². The first-order valence-electron chi connectivity index (χ1n) is 6.09. The van der Waals surface area contributed by atoms with Crippen molar-refractivity contribution in [3.05, 3.63) is 18.2 Å². The van der Waals surface area contributed by atoms with Crippen molar-refractivity contribution in [1.82, 2.24) is 4.72 Å². The molecule has 1 aliphatic heterocycles. The SMILES string of the molecule is COCC(O)CNS(=O)(=O)c1ccc2c(c1)OCCO2. The van der Waals surface area contributed by atoms with Crippen LogP contribution in [-0.4, -0.2) is 53.1 Å². The van der Waals surface area contributed by atoms with Crippen molar-refractivity contribution in [2.24, 2.45) is 0 Å². The molecule has 0 saturated heterocycles. The third-order valence-corrected chi connectivity index (χ3v) is 4.11. The van der Waals surface area contributed by atoms with Crippen LogP contribution in [0.15, 0.2) is 23.1 Å². The minimum atomic E-state index is -3.71. The largest absolute Gasteiger partial charge is 0.486 e. The zero-order valence-electron chi connectivity index (χ0n) is 11.0. The van der Waals surface area contributed by atoms with E-state index in [1.807, 2.05) is 0 Å². The Morgan fingerprint density at radius 1 is 1.35 bits per heavy atom. The Labute approximate surface area is 117 Å². The molecule has 0 bridgehead atoms. The van der Waals surface area contributed by atoms with Gasteiger partial charge in [0.1, 0.15) is 13.2 Å². The number of rotatable bonds is 6. The van der Waals surface area contributed by atoms with E-state index in [-0.39, 0.29) is 18.0 Å². The lowest BCUT2D eigenvalue weighted by Gasteiger charge is -2.19. The summed E-state index contributed by atoms with van der Waals surface area (Å²) >= 11 is 0. The molecule has 1 unspecified atom stereocenters. The number of hydrogen-bond acceptors (Lipinski definition) is 6. The lowest BCUT2D eigenvalue weighted by Crippen LogP contribution is -2.34. The molecular weight excluding hydrogens is 286 g/mol. The van der Waals surface area contributed by atoms with E-state index in [0.29, 0.717) is 24.7 Å². The maximum Gasteiger partial charge on any atom is 0.240 e. The number of hydrogen-bond donors (Lipinski definition) is 2. The summed E-state index contributed by atoms with van der Waals surface area (Å²) in [6.07, 6.45) is -0.896. The third-order valence-electron chi connectivity index (χ3n) is 2.69. The van der Waals surface area contributed by atoms with Gasteiger partial charge in [-0.15, -0.1) is 0 Å². The number of fused-ring (bicyclic) bond motifs is 1. The highest BCUT2D eigenvalue weighted by Gasteiger charge is 2.20. The van der Waals surface area contributed by atoms with E-state index < -0.39 is 16.1 Å². The summed E-state index contributed by atoms with van der Waals surface area (Å²) in [6.45, 7) is 0.769. The first kappa shape index (κ1) is 15.0. The molecule has 2 N–H and O–H groups in total. The minimum Gasteiger partial charge on any atom is -0.486 e. The van der Waals surface area contributed by atoms with E-state index in [9.17, 15) is 13.5 Å². The first-order chi connectivity index (χ1) is 9.53. The molecule has 8 heteroatoms. The van der Waals surface area contributed by atoms with E-state index in [0.717, 1.165) is 0 Å². The number of sulfonamides is 1. The second-order valence-corrected chi connectivity index (χ2v) is 6.03. The molecule has 7 nitrogen and oxygen atoms in total. The molecule has 112 valence electrons. The summed E-state index contributed by atoms with van der Waals surface area (Å²) in [5, 5.41) is 9.45. The standard InChI is InChI=1S/C12H17NO6S/c1-17-8-9(14)7-13-20(15,16)10-2-3-11-12(6-10)19-5-4-18-11/h2-3,6,9,13-14H,4-5,7-8H2,1H3. The third kappa shape index (κ3) is 3.60. The molecule has 0 saturated carbocycles. The molecular formula is C12H17NO6S. The van der Waals surface area contributed by atoms with Gasteiger partial charge in [-0.3, -0.25) is 0 Å². The molecule has 0 spiro atoms. The van der Waals surface area contributed by atoms with Crippen LogP contribution >= 0.6 is 0 Å². The Morgan fingerprint density at radius 2 is 2.05 bits per heavy atom. The second-order valence-electron chi connectivity index (χ2n) is 4.27. The average Bonchev–Trinajstić information content (AvgIpc) is 2.45. The molecule has 0 amide bonds. The van der Waals surface area contributed by atoms with Gasteiger partial charge in [0.15, 0.2) is 11.5 Å². The number of methoxy groups -OCH3 is 1. The van der Waals surface area contributed by atoms with E-state index in [1.54, 1.807) is 6.07 Å². The van der Waals surface area contributed by atoms with Gasteiger partial charge in [-0.1, -0.05) is 0 Å².